The molecule has 1 atom stereocenters. The van der Waals surface area contributed by atoms with Crippen LogP contribution in [-0.2, 0) is 21.4 Å². The van der Waals surface area contributed by atoms with Crippen molar-refractivity contribution in [3.8, 4) is 0 Å². The van der Waals surface area contributed by atoms with Gasteiger partial charge in [0, 0.05) is 19.6 Å². The van der Waals surface area contributed by atoms with Crippen LogP contribution in [-0.4, -0.2) is 36.3 Å². The van der Waals surface area contributed by atoms with Crippen molar-refractivity contribution in [3.63, 3.8) is 0 Å². The largest absolute Gasteiger partial charge is 0.313 e. The lowest BCUT2D eigenvalue weighted by atomic mass is 9.99. The SMILES string of the molecule is C=CCn1c(=NC(=O)C2CCCN(S(=O)(=O)c3ccccc3)C2)sc2cc(C)ccc21. The highest BCUT2D eigenvalue weighted by Crippen LogP contribution is 2.25. The lowest BCUT2D eigenvalue weighted by Gasteiger charge is -2.30. The van der Waals surface area contributed by atoms with Gasteiger partial charge < -0.3 is 4.57 Å². The Morgan fingerprint density at radius 1 is 1.26 bits per heavy atom. The maximum atomic E-state index is 13.1. The summed E-state index contributed by atoms with van der Waals surface area (Å²) in [4.78, 5) is 18.4. The normalized spacial score (nSPS) is 18.4. The summed E-state index contributed by atoms with van der Waals surface area (Å²) >= 11 is 1.47. The van der Waals surface area contributed by atoms with Gasteiger partial charge in [0.05, 0.1) is 21.0 Å². The molecule has 0 radical (unpaired) electrons. The van der Waals surface area contributed by atoms with E-state index in [2.05, 4.69) is 17.6 Å². The molecular weight excluding hydrogens is 430 g/mol. The maximum Gasteiger partial charge on any atom is 0.252 e. The molecule has 1 unspecified atom stereocenters. The maximum absolute atomic E-state index is 13.1. The molecule has 162 valence electrons. The van der Waals surface area contributed by atoms with Gasteiger partial charge in [0.15, 0.2) is 4.80 Å². The molecule has 3 aromatic rings. The van der Waals surface area contributed by atoms with Crippen LogP contribution >= 0.6 is 11.3 Å². The van der Waals surface area contributed by atoms with Crippen molar-refractivity contribution in [3.05, 3.63) is 71.6 Å². The van der Waals surface area contributed by atoms with Crippen LogP contribution < -0.4 is 4.80 Å². The molecule has 1 aliphatic heterocycles. The van der Waals surface area contributed by atoms with Crippen molar-refractivity contribution in [2.75, 3.05) is 13.1 Å². The van der Waals surface area contributed by atoms with Crippen LogP contribution in [0.1, 0.15) is 18.4 Å². The van der Waals surface area contributed by atoms with Crippen molar-refractivity contribution < 1.29 is 13.2 Å². The van der Waals surface area contributed by atoms with Gasteiger partial charge in [-0.1, -0.05) is 41.7 Å². The number of amides is 1. The molecule has 1 fully saturated rings. The number of allylic oxidation sites excluding steroid dienone is 1. The predicted molar refractivity (Wildman–Crippen MR) is 123 cm³/mol. The number of piperidine rings is 1. The molecule has 1 amide bonds. The number of nitrogens with zero attached hydrogens (tertiary/aromatic N) is 3. The molecule has 31 heavy (non-hydrogen) atoms. The third-order valence-electron chi connectivity index (χ3n) is 5.47. The fourth-order valence-corrected chi connectivity index (χ4v) is 6.55. The van der Waals surface area contributed by atoms with E-state index < -0.39 is 15.9 Å². The van der Waals surface area contributed by atoms with Crippen molar-refractivity contribution in [1.82, 2.24) is 8.87 Å². The van der Waals surface area contributed by atoms with Crippen LogP contribution in [0.15, 0.2) is 71.1 Å². The molecule has 0 N–H and O–H groups in total. The Morgan fingerprint density at radius 2 is 2.03 bits per heavy atom. The number of hydrogen-bond acceptors (Lipinski definition) is 4. The van der Waals surface area contributed by atoms with Crippen LogP contribution in [0.2, 0.25) is 0 Å². The van der Waals surface area contributed by atoms with Crippen molar-refractivity contribution >= 4 is 37.5 Å². The quantitative estimate of drug-likeness (QED) is 0.551. The van der Waals surface area contributed by atoms with E-state index in [1.54, 1.807) is 36.4 Å². The van der Waals surface area contributed by atoms with E-state index in [4.69, 9.17) is 0 Å². The molecule has 2 aromatic carbocycles. The Kier molecular flexibility index (Phi) is 6.22. The monoisotopic (exact) mass is 455 g/mol. The number of benzene rings is 2. The van der Waals surface area contributed by atoms with E-state index in [9.17, 15) is 13.2 Å². The Labute approximate surface area is 186 Å². The summed E-state index contributed by atoms with van der Waals surface area (Å²) in [6, 6.07) is 14.5. The van der Waals surface area contributed by atoms with Gasteiger partial charge in [-0.2, -0.15) is 9.30 Å². The second-order valence-corrected chi connectivity index (χ2v) is 10.7. The molecule has 1 aromatic heterocycles. The number of sulfonamides is 1. The molecule has 4 rings (SSSR count). The van der Waals surface area contributed by atoms with Gasteiger partial charge >= 0.3 is 0 Å². The highest BCUT2D eigenvalue weighted by atomic mass is 32.2. The Morgan fingerprint density at radius 3 is 2.77 bits per heavy atom. The highest BCUT2D eigenvalue weighted by Gasteiger charge is 2.33. The molecule has 1 saturated heterocycles. The molecule has 6 nitrogen and oxygen atoms in total. The van der Waals surface area contributed by atoms with Crippen molar-refractivity contribution in [2.45, 2.75) is 31.2 Å². The van der Waals surface area contributed by atoms with Crippen LogP contribution in [0.25, 0.3) is 10.2 Å². The number of carbonyl (C=O) groups excluding carboxylic acids is 1. The predicted octanol–water partition coefficient (Wildman–Crippen LogP) is 3.73. The molecule has 1 aliphatic rings. The van der Waals surface area contributed by atoms with Gasteiger partial charge in [0.25, 0.3) is 5.91 Å². The zero-order chi connectivity index (χ0) is 22.0. The number of aryl methyl sites for hydroxylation is 1. The van der Waals surface area contributed by atoms with Crippen LogP contribution in [0.4, 0.5) is 0 Å². The molecule has 2 heterocycles. The molecule has 0 bridgehead atoms. The van der Waals surface area contributed by atoms with E-state index in [1.807, 2.05) is 23.6 Å². The van der Waals surface area contributed by atoms with Crippen molar-refractivity contribution in [2.24, 2.45) is 10.9 Å². The molecule has 0 saturated carbocycles. The van der Waals surface area contributed by atoms with Gasteiger partial charge in [-0.05, 0) is 49.6 Å². The summed E-state index contributed by atoms with van der Waals surface area (Å²) in [5, 5.41) is 0. The Bertz CT molecular complexity index is 1290. The molecular formula is C23H25N3O3S2. The minimum Gasteiger partial charge on any atom is -0.313 e. The first-order valence-electron chi connectivity index (χ1n) is 10.2. The highest BCUT2D eigenvalue weighted by molar-refractivity contribution is 7.89. The zero-order valence-corrected chi connectivity index (χ0v) is 19.0. The Hall–Kier alpha value is -2.55. The number of fused-ring (bicyclic) bond motifs is 1. The molecule has 8 heteroatoms. The third kappa shape index (κ3) is 4.42. The standard InChI is InChI=1S/C23H25N3O3S2/c1-3-13-26-20-12-11-17(2)15-21(20)30-23(26)24-22(27)18-8-7-14-25(16-18)31(28,29)19-9-5-4-6-10-19/h3-6,9-12,15,18H,1,7-8,13-14,16H2,2H3. The minimum atomic E-state index is -3.62. The smallest absolute Gasteiger partial charge is 0.252 e. The number of carbonyl (C=O) groups is 1. The summed E-state index contributed by atoms with van der Waals surface area (Å²) in [6.45, 7) is 6.97. The first-order chi connectivity index (χ1) is 14.9. The van der Waals surface area contributed by atoms with Gasteiger partial charge in [0.1, 0.15) is 0 Å². The lowest BCUT2D eigenvalue weighted by molar-refractivity contribution is -0.122. The van der Waals surface area contributed by atoms with E-state index in [1.165, 1.54) is 15.6 Å². The second kappa shape index (κ2) is 8.90. The van der Waals surface area contributed by atoms with Gasteiger partial charge in [-0.25, -0.2) is 8.42 Å². The minimum absolute atomic E-state index is 0.158. The van der Waals surface area contributed by atoms with E-state index in [-0.39, 0.29) is 17.3 Å². The van der Waals surface area contributed by atoms with E-state index in [0.29, 0.717) is 30.7 Å². The molecule has 0 spiro atoms. The average Bonchev–Trinajstić information content (AvgIpc) is 3.10. The summed E-state index contributed by atoms with van der Waals surface area (Å²) < 4.78 is 30.4. The first kappa shape index (κ1) is 21.7. The van der Waals surface area contributed by atoms with E-state index in [0.717, 1.165) is 15.8 Å². The topological polar surface area (TPSA) is 71.7 Å². The number of rotatable bonds is 5. The van der Waals surface area contributed by atoms with Crippen LogP contribution in [0, 0.1) is 12.8 Å². The number of aromatic nitrogens is 1. The summed E-state index contributed by atoms with van der Waals surface area (Å²) in [7, 11) is -3.62. The fraction of sp³-hybridized carbons (Fsp3) is 0.304. The van der Waals surface area contributed by atoms with Crippen LogP contribution in [0.5, 0.6) is 0 Å². The van der Waals surface area contributed by atoms with Crippen LogP contribution in [0.3, 0.4) is 0 Å². The molecule has 0 aliphatic carbocycles. The Balaban J connectivity index is 1.63. The summed E-state index contributed by atoms with van der Waals surface area (Å²) in [5.41, 5.74) is 2.16. The second-order valence-electron chi connectivity index (χ2n) is 7.72. The number of hydrogen-bond donors (Lipinski definition) is 0. The summed E-state index contributed by atoms with van der Waals surface area (Å²) in [5.74, 6) is -0.717. The lowest BCUT2D eigenvalue weighted by Crippen LogP contribution is -2.42. The third-order valence-corrected chi connectivity index (χ3v) is 8.39. The van der Waals surface area contributed by atoms with Crippen molar-refractivity contribution in [1.29, 1.82) is 0 Å². The fourth-order valence-electron chi connectivity index (χ4n) is 3.86. The number of thiazole rings is 1. The van der Waals surface area contributed by atoms with Gasteiger partial charge in [0.2, 0.25) is 10.0 Å². The first-order valence-corrected chi connectivity index (χ1v) is 12.5. The van der Waals surface area contributed by atoms with Gasteiger partial charge in [-0.3, -0.25) is 4.79 Å². The van der Waals surface area contributed by atoms with Gasteiger partial charge in [-0.15, -0.1) is 6.58 Å². The summed E-state index contributed by atoms with van der Waals surface area (Å²) in [6.07, 6.45) is 3.05. The zero-order valence-electron chi connectivity index (χ0n) is 17.4. The average molecular weight is 456 g/mol. The van der Waals surface area contributed by atoms with E-state index >= 15 is 0 Å².